The second-order valence-electron chi connectivity index (χ2n) is 7.98. The van der Waals surface area contributed by atoms with Crippen molar-refractivity contribution in [3.63, 3.8) is 0 Å². The quantitative estimate of drug-likeness (QED) is 0.828. The van der Waals surface area contributed by atoms with E-state index in [-0.39, 0.29) is 24.3 Å². The molecule has 0 spiro atoms. The summed E-state index contributed by atoms with van der Waals surface area (Å²) in [4.78, 5) is 27.3. The number of carbonyl (C=O) groups excluding carboxylic acids is 1. The predicted octanol–water partition coefficient (Wildman–Crippen LogP) is 2.00. The van der Waals surface area contributed by atoms with Crippen molar-refractivity contribution >= 4 is 28.3 Å². The average Bonchev–Trinajstić information content (AvgIpc) is 2.97. The van der Waals surface area contributed by atoms with Gasteiger partial charge in [-0.3, -0.25) is 13.9 Å². The van der Waals surface area contributed by atoms with Gasteiger partial charge in [0.2, 0.25) is 5.91 Å². The van der Waals surface area contributed by atoms with E-state index in [4.69, 9.17) is 9.47 Å². The van der Waals surface area contributed by atoms with Crippen LogP contribution in [-0.4, -0.2) is 54.1 Å². The fourth-order valence-corrected chi connectivity index (χ4v) is 4.25. The SMILES string of the molecule is Cn1c(=O)n(C)c2cc(N3CCCCC3)c(NC(=O)COC3CCOCC3)cc21. The molecule has 1 N–H and O–H groups in total. The maximum absolute atomic E-state index is 12.6. The second kappa shape index (κ2) is 8.59. The monoisotopic (exact) mass is 402 g/mol. The third kappa shape index (κ3) is 4.18. The number of anilines is 2. The highest BCUT2D eigenvalue weighted by Gasteiger charge is 2.21. The molecule has 2 fully saturated rings. The van der Waals surface area contributed by atoms with Crippen LogP contribution in [0.4, 0.5) is 11.4 Å². The molecule has 8 nitrogen and oxygen atoms in total. The molecule has 0 radical (unpaired) electrons. The molecule has 0 bridgehead atoms. The standard InChI is InChI=1S/C21H30N4O4/c1-23-18-12-16(22-20(26)14-29-15-6-10-28-11-7-15)17(25-8-4-3-5-9-25)13-19(18)24(2)21(23)27/h12-13,15H,3-11,14H2,1-2H3,(H,22,26). The molecule has 1 amide bonds. The molecule has 0 saturated carbocycles. The smallest absolute Gasteiger partial charge is 0.328 e. The molecular formula is C21H30N4O4. The van der Waals surface area contributed by atoms with Gasteiger partial charge in [-0.2, -0.15) is 0 Å². The van der Waals surface area contributed by atoms with Crippen molar-refractivity contribution in [2.24, 2.45) is 14.1 Å². The summed E-state index contributed by atoms with van der Waals surface area (Å²) in [7, 11) is 3.54. The second-order valence-corrected chi connectivity index (χ2v) is 7.98. The molecule has 3 heterocycles. The van der Waals surface area contributed by atoms with Crippen LogP contribution >= 0.6 is 0 Å². The van der Waals surface area contributed by atoms with Gasteiger partial charge in [0.05, 0.1) is 28.5 Å². The molecule has 0 unspecified atom stereocenters. The summed E-state index contributed by atoms with van der Waals surface area (Å²) in [5, 5.41) is 3.03. The van der Waals surface area contributed by atoms with E-state index in [1.165, 1.54) is 6.42 Å². The summed E-state index contributed by atoms with van der Waals surface area (Å²) in [6.45, 7) is 3.30. The van der Waals surface area contributed by atoms with E-state index in [0.717, 1.165) is 61.2 Å². The first-order valence-electron chi connectivity index (χ1n) is 10.5. The molecule has 8 heteroatoms. The van der Waals surface area contributed by atoms with Crippen LogP contribution in [0.3, 0.4) is 0 Å². The summed E-state index contributed by atoms with van der Waals surface area (Å²) >= 11 is 0. The number of hydrogen-bond donors (Lipinski definition) is 1. The minimum absolute atomic E-state index is 0.0237. The average molecular weight is 402 g/mol. The Hall–Kier alpha value is -2.32. The van der Waals surface area contributed by atoms with Crippen molar-refractivity contribution < 1.29 is 14.3 Å². The summed E-state index contributed by atoms with van der Waals surface area (Å²) < 4.78 is 14.4. The van der Waals surface area contributed by atoms with Crippen LogP contribution in [0.25, 0.3) is 11.0 Å². The van der Waals surface area contributed by atoms with Gasteiger partial charge < -0.3 is 19.7 Å². The summed E-state index contributed by atoms with van der Waals surface area (Å²) in [6.07, 6.45) is 5.21. The Balaban J connectivity index is 1.59. The van der Waals surface area contributed by atoms with Crippen molar-refractivity contribution in [1.82, 2.24) is 9.13 Å². The van der Waals surface area contributed by atoms with Crippen molar-refractivity contribution in [2.45, 2.75) is 38.2 Å². The van der Waals surface area contributed by atoms with E-state index < -0.39 is 0 Å². The molecule has 2 aromatic rings. The van der Waals surface area contributed by atoms with Crippen LogP contribution in [0, 0.1) is 0 Å². The number of hydrogen-bond acceptors (Lipinski definition) is 5. The minimum atomic E-state index is -0.171. The first-order chi connectivity index (χ1) is 14.0. The fourth-order valence-electron chi connectivity index (χ4n) is 4.25. The number of carbonyl (C=O) groups is 1. The van der Waals surface area contributed by atoms with Gasteiger partial charge in [0.15, 0.2) is 0 Å². The van der Waals surface area contributed by atoms with Gasteiger partial charge in [-0.15, -0.1) is 0 Å². The lowest BCUT2D eigenvalue weighted by atomic mass is 10.1. The fraction of sp³-hybridized carbons (Fsp3) is 0.619. The van der Waals surface area contributed by atoms with Crippen LogP contribution in [0.1, 0.15) is 32.1 Å². The minimum Gasteiger partial charge on any atom is -0.381 e. The zero-order chi connectivity index (χ0) is 20.4. The lowest BCUT2D eigenvalue weighted by Gasteiger charge is -2.31. The maximum Gasteiger partial charge on any atom is 0.328 e. The van der Waals surface area contributed by atoms with Gasteiger partial charge in [0, 0.05) is 40.4 Å². The summed E-state index contributed by atoms with van der Waals surface area (Å²) in [5.74, 6) is -0.171. The molecular weight excluding hydrogens is 372 g/mol. The molecule has 0 atom stereocenters. The van der Waals surface area contributed by atoms with Crippen molar-refractivity contribution in [3.05, 3.63) is 22.6 Å². The van der Waals surface area contributed by atoms with E-state index in [0.29, 0.717) is 13.2 Å². The van der Waals surface area contributed by atoms with Crippen LogP contribution in [-0.2, 0) is 28.4 Å². The number of nitrogens with zero attached hydrogens (tertiary/aromatic N) is 3. The Morgan fingerprint density at radius 3 is 2.45 bits per heavy atom. The van der Waals surface area contributed by atoms with E-state index in [2.05, 4.69) is 10.2 Å². The Kier molecular flexibility index (Phi) is 5.91. The predicted molar refractivity (Wildman–Crippen MR) is 113 cm³/mol. The Morgan fingerprint density at radius 2 is 1.76 bits per heavy atom. The Labute approximate surface area is 170 Å². The molecule has 1 aromatic heterocycles. The molecule has 2 aliphatic rings. The van der Waals surface area contributed by atoms with Crippen LogP contribution in [0.2, 0.25) is 0 Å². The lowest BCUT2D eigenvalue weighted by Crippen LogP contribution is -2.31. The van der Waals surface area contributed by atoms with Crippen molar-refractivity contribution in [3.8, 4) is 0 Å². The van der Waals surface area contributed by atoms with Gasteiger partial charge in [-0.25, -0.2) is 4.79 Å². The third-order valence-electron chi connectivity index (χ3n) is 5.98. The number of rotatable bonds is 5. The number of fused-ring (bicyclic) bond motifs is 1. The number of amides is 1. The highest BCUT2D eigenvalue weighted by Crippen LogP contribution is 2.33. The Morgan fingerprint density at radius 1 is 1.10 bits per heavy atom. The zero-order valence-corrected chi connectivity index (χ0v) is 17.3. The first-order valence-corrected chi connectivity index (χ1v) is 10.5. The molecule has 0 aliphatic carbocycles. The highest BCUT2D eigenvalue weighted by atomic mass is 16.5. The van der Waals surface area contributed by atoms with Gasteiger partial charge in [-0.1, -0.05) is 0 Å². The van der Waals surface area contributed by atoms with Gasteiger partial charge in [0.1, 0.15) is 6.61 Å². The number of imidazole rings is 1. The normalized spacial score (nSPS) is 18.3. The van der Waals surface area contributed by atoms with E-state index in [9.17, 15) is 9.59 Å². The maximum atomic E-state index is 12.6. The van der Waals surface area contributed by atoms with Crippen LogP contribution < -0.4 is 15.9 Å². The van der Waals surface area contributed by atoms with Crippen molar-refractivity contribution in [2.75, 3.05) is 43.1 Å². The summed E-state index contributed by atoms with van der Waals surface area (Å²) in [6, 6.07) is 3.93. The molecule has 158 valence electrons. The number of piperidine rings is 1. The van der Waals surface area contributed by atoms with E-state index in [1.807, 2.05) is 12.1 Å². The summed E-state index contributed by atoms with van der Waals surface area (Å²) in [5.41, 5.74) is 3.31. The van der Waals surface area contributed by atoms with Gasteiger partial charge in [0.25, 0.3) is 0 Å². The van der Waals surface area contributed by atoms with E-state index in [1.54, 1.807) is 23.2 Å². The number of aryl methyl sites for hydroxylation is 2. The topological polar surface area (TPSA) is 77.7 Å². The number of benzene rings is 1. The number of ether oxygens (including phenoxy) is 2. The number of aromatic nitrogens is 2. The zero-order valence-electron chi connectivity index (χ0n) is 17.3. The van der Waals surface area contributed by atoms with E-state index >= 15 is 0 Å². The Bertz CT molecular complexity index is 936. The molecule has 29 heavy (non-hydrogen) atoms. The third-order valence-corrected chi connectivity index (χ3v) is 5.98. The molecule has 1 aromatic carbocycles. The van der Waals surface area contributed by atoms with Gasteiger partial charge in [-0.05, 0) is 44.2 Å². The molecule has 2 saturated heterocycles. The van der Waals surface area contributed by atoms with Gasteiger partial charge >= 0.3 is 5.69 Å². The largest absolute Gasteiger partial charge is 0.381 e. The molecule has 4 rings (SSSR count). The molecule has 2 aliphatic heterocycles. The highest BCUT2D eigenvalue weighted by molar-refractivity contribution is 5.99. The number of nitrogens with one attached hydrogen (secondary N) is 1. The lowest BCUT2D eigenvalue weighted by molar-refractivity contribution is -0.124. The van der Waals surface area contributed by atoms with Crippen LogP contribution in [0.15, 0.2) is 16.9 Å². The van der Waals surface area contributed by atoms with Crippen molar-refractivity contribution in [1.29, 1.82) is 0 Å². The van der Waals surface area contributed by atoms with Crippen LogP contribution in [0.5, 0.6) is 0 Å². The first kappa shape index (κ1) is 20.0.